The van der Waals surface area contributed by atoms with Gasteiger partial charge in [-0.15, -0.1) is 0 Å². The van der Waals surface area contributed by atoms with Crippen molar-refractivity contribution in [2.45, 2.75) is 45.8 Å². The van der Waals surface area contributed by atoms with Crippen molar-refractivity contribution in [1.29, 1.82) is 0 Å². The van der Waals surface area contributed by atoms with Crippen LogP contribution in [0.2, 0.25) is 19.6 Å². The lowest BCUT2D eigenvalue weighted by Gasteiger charge is -2.29. The Hall–Kier alpha value is -1.16. The normalized spacial score (nSPS) is 24.5. The summed E-state index contributed by atoms with van der Waals surface area (Å²) in [5.41, 5.74) is -0.649. The molecule has 0 spiro atoms. The number of hydrogen-bond donors (Lipinski definition) is 0. The smallest absolute Gasteiger partial charge is 0.316 e. The van der Waals surface area contributed by atoms with Gasteiger partial charge in [0.05, 0.1) is 20.6 Å². The van der Waals surface area contributed by atoms with Crippen LogP contribution in [0.1, 0.15) is 26.2 Å². The van der Waals surface area contributed by atoms with Crippen LogP contribution in [-0.2, 0) is 14.3 Å². The highest BCUT2D eigenvalue weighted by Crippen LogP contribution is 2.36. The molecule has 0 radical (unpaired) electrons. The van der Waals surface area contributed by atoms with Gasteiger partial charge in [-0.1, -0.05) is 37.0 Å². The molecule has 19 heavy (non-hydrogen) atoms. The Morgan fingerprint density at radius 1 is 1.47 bits per heavy atom. The first-order chi connectivity index (χ1) is 8.71. The molecule has 4 heteroatoms. The van der Waals surface area contributed by atoms with E-state index in [9.17, 15) is 9.59 Å². The third-order valence-electron chi connectivity index (χ3n) is 3.95. The van der Waals surface area contributed by atoms with E-state index in [0.29, 0.717) is 19.3 Å². The van der Waals surface area contributed by atoms with Crippen LogP contribution in [0.4, 0.5) is 0 Å². The largest absolute Gasteiger partial charge is 0.468 e. The van der Waals surface area contributed by atoms with E-state index in [1.165, 1.54) is 18.4 Å². The number of ether oxygens (including phenoxy) is 1. The molecule has 0 aliphatic heterocycles. The maximum absolute atomic E-state index is 12.1. The zero-order valence-corrected chi connectivity index (χ0v) is 13.6. The number of rotatable bonds is 4. The molecular formula is C15H24O3Si. The van der Waals surface area contributed by atoms with Crippen LogP contribution >= 0.6 is 0 Å². The van der Waals surface area contributed by atoms with Crippen LogP contribution in [-0.4, -0.2) is 26.9 Å². The molecule has 0 N–H and O–H groups in total. The fourth-order valence-corrected chi connectivity index (χ4v) is 2.75. The molecule has 0 bridgehead atoms. The minimum Gasteiger partial charge on any atom is -0.468 e. The van der Waals surface area contributed by atoms with Gasteiger partial charge >= 0.3 is 5.97 Å². The maximum atomic E-state index is 12.1. The number of carbonyl (C=O) groups is 2. The average molecular weight is 280 g/mol. The van der Waals surface area contributed by atoms with Crippen LogP contribution in [0.3, 0.4) is 0 Å². The van der Waals surface area contributed by atoms with Crippen LogP contribution in [0, 0.1) is 5.41 Å². The van der Waals surface area contributed by atoms with Crippen molar-refractivity contribution in [2.75, 3.05) is 7.11 Å². The molecule has 1 aliphatic carbocycles. The number of allylic oxidation sites excluding steroid dienone is 3. The van der Waals surface area contributed by atoms with Gasteiger partial charge in [-0.2, -0.15) is 0 Å². The van der Waals surface area contributed by atoms with Gasteiger partial charge < -0.3 is 4.74 Å². The number of hydrogen-bond acceptors (Lipinski definition) is 3. The van der Waals surface area contributed by atoms with Gasteiger partial charge in [0.15, 0.2) is 5.78 Å². The van der Waals surface area contributed by atoms with Crippen molar-refractivity contribution >= 4 is 19.8 Å². The summed E-state index contributed by atoms with van der Waals surface area (Å²) in [5.74, 6) is -0.152. The lowest BCUT2D eigenvalue weighted by atomic mass is 9.76. The topological polar surface area (TPSA) is 43.4 Å². The van der Waals surface area contributed by atoms with E-state index in [4.69, 9.17) is 4.74 Å². The van der Waals surface area contributed by atoms with Crippen molar-refractivity contribution in [3.63, 3.8) is 0 Å². The predicted molar refractivity (Wildman–Crippen MR) is 79.6 cm³/mol. The van der Waals surface area contributed by atoms with Crippen LogP contribution in [0.15, 0.2) is 23.4 Å². The summed E-state index contributed by atoms with van der Waals surface area (Å²) in [4.78, 5) is 23.4. The second kappa shape index (κ2) is 5.86. The number of esters is 1. The molecule has 1 atom stereocenters. The Balaban J connectivity index is 2.98. The molecule has 0 aromatic heterocycles. The summed E-state index contributed by atoms with van der Waals surface area (Å²) in [6, 6.07) is 0. The molecule has 0 aromatic rings. The summed E-state index contributed by atoms with van der Waals surface area (Å²) in [6.45, 7) is 8.98. The summed E-state index contributed by atoms with van der Waals surface area (Å²) >= 11 is 0. The van der Waals surface area contributed by atoms with Crippen molar-refractivity contribution in [3.8, 4) is 0 Å². The third-order valence-corrected chi connectivity index (χ3v) is 6.52. The molecular weight excluding hydrogens is 256 g/mol. The van der Waals surface area contributed by atoms with Crippen molar-refractivity contribution in [1.82, 2.24) is 0 Å². The van der Waals surface area contributed by atoms with Gasteiger partial charge in [0.2, 0.25) is 0 Å². The van der Waals surface area contributed by atoms with Crippen molar-refractivity contribution in [2.24, 2.45) is 5.41 Å². The maximum Gasteiger partial charge on any atom is 0.316 e. The number of carbonyl (C=O) groups excluding carboxylic acids is 2. The first-order valence-corrected chi connectivity index (χ1v) is 10.2. The van der Waals surface area contributed by atoms with Gasteiger partial charge in [-0.3, -0.25) is 9.59 Å². The third kappa shape index (κ3) is 3.90. The van der Waals surface area contributed by atoms with E-state index in [2.05, 4.69) is 32.6 Å². The van der Waals surface area contributed by atoms with E-state index in [1.807, 2.05) is 0 Å². The van der Waals surface area contributed by atoms with Gasteiger partial charge in [0.25, 0.3) is 0 Å². The Morgan fingerprint density at radius 3 is 2.53 bits per heavy atom. The molecule has 0 heterocycles. The minimum atomic E-state index is -1.32. The Bertz CT molecular complexity index is 429. The highest BCUT2D eigenvalue weighted by atomic mass is 28.3. The Kier molecular flexibility index (Phi) is 4.90. The van der Waals surface area contributed by atoms with Gasteiger partial charge in [-0.25, -0.2) is 0 Å². The summed E-state index contributed by atoms with van der Waals surface area (Å²) in [6.07, 6.45) is 7.01. The molecule has 1 rings (SSSR count). The molecule has 0 saturated heterocycles. The monoisotopic (exact) mass is 280 g/mol. The predicted octanol–water partition coefficient (Wildman–Crippen LogP) is 3.28. The molecule has 106 valence electrons. The first kappa shape index (κ1) is 15.9. The zero-order chi connectivity index (χ0) is 14.7. The molecule has 1 aliphatic rings. The van der Waals surface area contributed by atoms with Crippen LogP contribution < -0.4 is 0 Å². The van der Waals surface area contributed by atoms with E-state index in [0.717, 1.165) is 0 Å². The Labute approximate surface area is 116 Å². The van der Waals surface area contributed by atoms with Crippen LogP contribution in [0.25, 0.3) is 0 Å². The zero-order valence-electron chi connectivity index (χ0n) is 12.6. The minimum absolute atomic E-state index is 0.0884. The summed E-state index contributed by atoms with van der Waals surface area (Å²) < 4.78 is 4.93. The molecule has 0 amide bonds. The fourth-order valence-electron chi connectivity index (χ4n) is 2.03. The Morgan fingerprint density at radius 2 is 2.11 bits per heavy atom. The number of ketones is 1. The highest BCUT2D eigenvalue weighted by Gasteiger charge is 2.38. The summed E-state index contributed by atoms with van der Waals surface area (Å²) in [7, 11) is 0.0876. The molecule has 0 fully saturated rings. The average Bonchev–Trinajstić information content (AvgIpc) is 2.36. The molecule has 0 aromatic carbocycles. The standard InChI is InChI=1S/C15H24O3Si/c1-12(19(3,4)5)6-9-15(14(17)18-2)10-7-13(16)8-11-15/h6-7,10H,8-9,11H2,1-5H3/b12-6-. The van der Waals surface area contributed by atoms with Gasteiger partial charge in [0.1, 0.15) is 0 Å². The van der Waals surface area contributed by atoms with E-state index >= 15 is 0 Å². The lowest BCUT2D eigenvalue weighted by Crippen LogP contribution is -2.33. The van der Waals surface area contributed by atoms with Crippen molar-refractivity contribution < 1.29 is 14.3 Å². The molecule has 0 saturated carbocycles. The van der Waals surface area contributed by atoms with Gasteiger partial charge in [-0.05, 0) is 25.8 Å². The highest BCUT2D eigenvalue weighted by molar-refractivity contribution is 6.82. The number of methoxy groups -OCH3 is 1. The second-order valence-electron chi connectivity index (χ2n) is 6.29. The quantitative estimate of drug-likeness (QED) is 0.586. The summed E-state index contributed by atoms with van der Waals surface area (Å²) in [5, 5.41) is 1.38. The second-order valence-corrected chi connectivity index (χ2v) is 11.6. The van der Waals surface area contributed by atoms with E-state index in [-0.39, 0.29) is 11.8 Å². The molecule has 1 unspecified atom stereocenters. The molecule has 3 nitrogen and oxygen atoms in total. The SMILES string of the molecule is COC(=O)C1(C/C=C(/C)[Si](C)(C)C)C=CC(=O)CC1. The van der Waals surface area contributed by atoms with E-state index in [1.54, 1.807) is 6.08 Å². The van der Waals surface area contributed by atoms with E-state index < -0.39 is 13.5 Å². The lowest BCUT2D eigenvalue weighted by molar-refractivity contribution is -0.150. The van der Waals surface area contributed by atoms with Crippen LogP contribution in [0.5, 0.6) is 0 Å². The van der Waals surface area contributed by atoms with Gasteiger partial charge in [0, 0.05) is 6.42 Å². The first-order valence-electron chi connectivity index (χ1n) is 6.69. The fraction of sp³-hybridized carbons (Fsp3) is 0.600. The van der Waals surface area contributed by atoms with Crippen molar-refractivity contribution in [3.05, 3.63) is 23.4 Å².